The summed E-state index contributed by atoms with van der Waals surface area (Å²) in [6.07, 6.45) is -4.23. The first-order valence-corrected chi connectivity index (χ1v) is 13.8. The quantitative estimate of drug-likeness (QED) is 0.300. The first-order valence-electron chi connectivity index (χ1n) is 11.6. The van der Waals surface area contributed by atoms with Crippen LogP contribution >= 0.6 is 23.2 Å². The molecule has 0 aliphatic carbocycles. The van der Waals surface area contributed by atoms with E-state index in [1.807, 2.05) is 0 Å². The van der Waals surface area contributed by atoms with E-state index in [1.54, 1.807) is 6.92 Å². The zero-order chi connectivity index (χ0) is 28.6. The molecule has 1 fully saturated rings. The second kappa shape index (κ2) is 11.0. The molecular formula is C26H25Cl2F3N2O5S. The summed E-state index contributed by atoms with van der Waals surface area (Å²) in [4.78, 5) is -0.243. The number of rotatable bonds is 8. The molecule has 1 aliphatic rings. The number of benzene rings is 3. The van der Waals surface area contributed by atoms with Gasteiger partial charge in [-0.05, 0) is 55.4 Å². The van der Waals surface area contributed by atoms with Crippen molar-refractivity contribution in [2.24, 2.45) is 0 Å². The molecule has 0 radical (unpaired) electrons. The SMILES string of the molecule is COc1cc(-c2cc(Cl)cc(Cl)c2)c(S(=O)(=O)Nc2ccc(C(F)(F)F)c(O[C@]3(C)CCNC3)c2)cc1OC. The largest absolute Gasteiger partial charge is 0.493 e. The lowest BCUT2D eigenvalue weighted by Crippen LogP contribution is -2.35. The zero-order valence-electron chi connectivity index (χ0n) is 21.1. The summed E-state index contributed by atoms with van der Waals surface area (Å²) in [6, 6.07) is 10.1. The maximum Gasteiger partial charge on any atom is 0.419 e. The number of sulfonamides is 1. The fourth-order valence-electron chi connectivity index (χ4n) is 4.28. The van der Waals surface area contributed by atoms with Crippen molar-refractivity contribution in [1.29, 1.82) is 0 Å². The molecule has 2 N–H and O–H groups in total. The first-order chi connectivity index (χ1) is 18.2. The van der Waals surface area contributed by atoms with Crippen molar-refractivity contribution < 1.29 is 35.8 Å². The lowest BCUT2D eigenvalue weighted by molar-refractivity contribution is -0.139. The van der Waals surface area contributed by atoms with Gasteiger partial charge in [0.2, 0.25) is 0 Å². The molecule has 1 saturated heterocycles. The van der Waals surface area contributed by atoms with Crippen LogP contribution in [0.15, 0.2) is 53.4 Å². The fraction of sp³-hybridized carbons (Fsp3) is 0.308. The van der Waals surface area contributed by atoms with Gasteiger partial charge in [-0.2, -0.15) is 13.2 Å². The van der Waals surface area contributed by atoms with Crippen molar-refractivity contribution in [2.75, 3.05) is 32.0 Å². The molecule has 3 aromatic carbocycles. The Bertz CT molecular complexity index is 1470. The highest BCUT2D eigenvalue weighted by Gasteiger charge is 2.38. The highest BCUT2D eigenvalue weighted by atomic mass is 35.5. The maximum absolute atomic E-state index is 13.8. The van der Waals surface area contributed by atoms with Crippen LogP contribution in [0.5, 0.6) is 17.2 Å². The summed E-state index contributed by atoms with van der Waals surface area (Å²) in [7, 11) is -1.67. The first kappa shape index (κ1) is 29.1. The Morgan fingerprint density at radius 1 is 0.949 bits per heavy atom. The molecule has 0 unspecified atom stereocenters. The van der Waals surface area contributed by atoms with E-state index >= 15 is 0 Å². The molecule has 1 aliphatic heterocycles. The smallest absolute Gasteiger partial charge is 0.419 e. The van der Waals surface area contributed by atoms with Crippen LogP contribution in [0, 0.1) is 0 Å². The average Bonchev–Trinajstić information content (AvgIpc) is 3.27. The van der Waals surface area contributed by atoms with Crippen LogP contribution in [0.25, 0.3) is 11.1 Å². The molecule has 0 aromatic heterocycles. The van der Waals surface area contributed by atoms with Gasteiger partial charge in [-0.1, -0.05) is 23.2 Å². The molecule has 1 atom stereocenters. The number of nitrogens with one attached hydrogen (secondary N) is 2. The average molecular weight is 605 g/mol. The van der Waals surface area contributed by atoms with Crippen LogP contribution in [-0.2, 0) is 16.2 Å². The lowest BCUT2D eigenvalue weighted by Gasteiger charge is -2.27. The molecular weight excluding hydrogens is 580 g/mol. The number of alkyl halides is 3. The summed E-state index contributed by atoms with van der Waals surface area (Å²) >= 11 is 12.3. The van der Waals surface area contributed by atoms with Gasteiger partial charge in [-0.25, -0.2) is 8.42 Å². The molecule has 210 valence electrons. The minimum atomic E-state index is -4.71. The normalized spacial score (nSPS) is 17.6. The Morgan fingerprint density at radius 3 is 2.15 bits per heavy atom. The lowest BCUT2D eigenvalue weighted by atomic mass is 10.0. The van der Waals surface area contributed by atoms with Crippen LogP contribution in [-0.4, -0.2) is 41.3 Å². The summed E-state index contributed by atoms with van der Waals surface area (Å²) < 4.78 is 87.4. The van der Waals surface area contributed by atoms with E-state index in [4.69, 9.17) is 37.4 Å². The highest BCUT2D eigenvalue weighted by Crippen LogP contribution is 2.42. The van der Waals surface area contributed by atoms with E-state index < -0.39 is 33.1 Å². The summed E-state index contributed by atoms with van der Waals surface area (Å²) in [5.41, 5.74) is -1.49. The van der Waals surface area contributed by atoms with E-state index in [9.17, 15) is 21.6 Å². The van der Waals surface area contributed by atoms with Crippen LogP contribution in [0.2, 0.25) is 10.0 Å². The van der Waals surface area contributed by atoms with Crippen molar-refractivity contribution in [3.8, 4) is 28.4 Å². The number of anilines is 1. The van der Waals surface area contributed by atoms with Crippen molar-refractivity contribution in [2.45, 2.75) is 30.0 Å². The van der Waals surface area contributed by atoms with Gasteiger partial charge in [0.25, 0.3) is 10.0 Å². The maximum atomic E-state index is 13.8. The number of halogens is 5. The van der Waals surface area contributed by atoms with Crippen molar-refractivity contribution in [3.63, 3.8) is 0 Å². The number of hydrogen-bond donors (Lipinski definition) is 2. The topological polar surface area (TPSA) is 85.9 Å². The van der Waals surface area contributed by atoms with Crippen LogP contribution in [0.1, 0.15) is 18.9 Å². The molecule has 13 heteroatoms. The minimum Gasteiger partial charge on any atom is -0.493 e. The minimum absolute atomic E-state index is 0.118. The van der Waals surface area contributed by atoms with Crippen molar-refractivity contribution >= 4 is 38.9 Å². The van der Waals surface area contributed by atoms with Crippen LogP contribution in [0.3, 0.4) is 0 Å². The third-order valence-electron chi connectivity index (χ3n) is 6.17. The second-order valence-electron chi connectivity index (χ2n) is 9.15. The predicted octanol–water partition coefficient (Wildman–Crippen LogP) is 6.63. The zero-order valence-corrected chi connectivity index (χ0v) is 23.4. The summed E-state index contributed by atoms with van der Waals surface area (Å²) in [5, 5.41) is 3.59. The summed E-state index contributed by atoms with van der Waals surface area (Å²) in [5.74, 6) is -0.123. The standard InChI is InChI=1S/C26H25Cl2F3N2O5S/c1-25(6-7-32-14-25)38-21-11-18(4-5-20(21)26(29,30)31)33-39(34,35)24-13-23(37-3)22(36-2)12-19(24)15-8-16(27)10-17(28)9-15/h4-5,8-13,32-33H,6-7,14H2,1-3H3/t25-/m1/s1. The Balaban J connectivity index is 1.81. The van der Waals surface area contributed by atoms with Crippen LogP contribution in [0.4, 0.5) is 18.9 Å². The van der Waals surface area contributed by atoms with Crippen molar-refractivity contribution in [3.05, 3.63) is 64.1 Å². The molecule has 0 amide bonds. The third kappa shape index (κ3) is 6.49. The molecule has 0 spiro atoms. The van der Waals surface area contributed by atoms with E-state index in [-0.39, 0.29) is 37.7 Å². The predicted molar refractivity (Wildman–Crippen MR) is 144 cm³/mol. The van der Waals surface area contributed by atoms with Gasteiger partial charge < -0.3 is 19.5 Å². The van der Waals surface area contributed by atoms with Gasteiger partial charge in [-0.15, -0.1) is 0 Å². The van der Waals surface area contributed by atoms with Gasteiger partial charge in [0.15, 0.2) is 11.5 Å². The molecule has 39 heavy (non-hydrogen) atoms. The molecule has 1 heterocycles. The fourth-order valence-corrected chi connectivity index (χ4v) is 6.08. The third-order valence-corrected chi connectivity index (χ3v) is 8.03. The number of methoxy groups -OCH3 is 2. The number of ether oxygens (including phenoxy) is 3. The molecule has 7 nitrogen and oxygen atoms in total. The van der Waals surface area contributed by atoms with E-state index in [0.29, 0.717) is 25.1 Å². The summed E-state index contributed by atoms with van der Waals surface area (Å²) in [6.45, 7) is 2.62. The Hall–Kier alpha value is -2.86. The Kier molecular flexibility index (Phi) is 8.18. The van der Waals surface area contributed by atoms with Gasteiger partial charge in [0, 0.05) is 40.7 Å². The Labute approximate surface area is 234 Å². The molecule has 0 saturated carbocycles. The molecule has 0 bridgehead atoms. The van der Waals surface area contributed by atoms with Gasteiger partial charge in [0.1, 0.15) is 11.4 Å². The van der Waals surface area contributed by atoms with Crippen molar-refractivity contribution in [1.82, 2.24) is 5.32 Å². The van der Waals surface area contributed by atoms with Gasteiger partial charge in [0.05, 0.1) is 30.4 Å². The molecule has 3 aromatic rings. The van der Waals surface area contributed by atoms with Crippen LogP contribution < -0.4 is 24.2 Å². The van der Waals surface area contributed by atoms with E-state index in [1.165, 1.54) is 44.6 Å². The van der Waals surface area contributed by atoms with Gasteiger partial charge >= 0.3 is 6.18 Å². The van der Waals surface area contributed by atoms with E-state index in [2.05, 4.69) is 10.0 Å². The molecule has 4 rings (SSSR count). The van der Waals surface area contributed by atoms with E-state index in [0.717, 1.165) is 18.2 Å². The highest BCUT2D eigenvalue weighted by molar-refractivity contribution is 7.92. The Morgan fingerprint density at radius 2 is 1.59 bits per heavy atom. The van der Waals surface area contributed by atoms with Gasteiger partial charge in [-0.3, -0.25) is 4.72 Å². The second-order valence-corrected chi connectivity index (χ2v) is 11.7. The number of hydrogen-bond acceptors (Lipinski definition) is 6. The monoisotopic (exact) mass is 604 g/mol.